The average Bonchev–Trinajstić information content (AvgIpc) is 3.26. The van der Waals surface area contributed by atoms with Gasteiger partial charge >= 0.3 is 0 Å². The SMILES string of the molecule is CC(n1c2c(cc(C(=O)Nc3ccc(-c4cn(CC(C)(C)O)c5ncnc(N)c45)cn3)c1=O)C(=O)CCC2)C(C)(C)O. The van der Waals surface area contributed by atoms with E-state index in [4.69, 9.17) is 5.73 Å². The second kappa shape index (κ2) is 10.4. The summed E-state index contributed by atoms with van der Waals surface area (Å²) in [4.78, 5) is 52.6. The highest BCUT2D eigenvalue weighted by Gasteiger charge is 2.32. The van der Waals surface area contributed by atoms with E-state index in [1.807, 2.05) is 6.20 Å². The number of ketones is 1. The molecular formula is C30H35N7O5. The highest BCUT2D eigenvalue weighted by molar-refractivity contribution is 6.06. The van der Waals surface area contributed by atoms with Gasteiger partial charge in [-0.3, -0.25) is 14.4 Å². The first-order valence-corrected chi connectivity index (χ1v) is 13.8. The largest absolute Gasteiger partial charge is 0.389 e. The van der Waals surface area contributed by atoms with Crippen molar-refractivity contribution in [2.45, 2.75) is 77.7 Å². The van der Waals surface area contributed by atoms with Gasteiger partial charge < -0.3 is 30.4 Å². The molecule has 0 fully saturated rings. The Bertz CT molecular complexity index is 1760. The van der Waals surface area contributed by atoms with Gasteiger partial charge in [-0.1, -0.05) is 0 Å². The minimum atomic E-state index is -1.27. The number of amides is 1. The molecule has 4 aromatic heterocycles. The van der Waals surface area contributed by atoms with Crippen LogP contribution in [0.15, 0.2) is 41.7 Å². The molecule has 1 unspecified atom stereocenters. The zero-order valence-corrected chi connectivity index (χ0v) is 24.3. The summed E-state index contributed by atoms with van der Waals surface area (Å²) in [6.45, 7) is 8.52. The van der Waals surface area contributed by atoms with Crippen LogP contribution >= 0.6 is 0 Å². The molecular weight excluding hydrogens is 538 g/mol. The Morgan fingerprint density at radius 3 is 2.48 bits per heavy atom. The van der Waals surface area contributed by atoms with Crippen LogP contribution in [-0.4, -0.2) is 57.2 Å². The summed E-state index contributed by atoms with van der Waals surface area (Å²) in [5.41, 5.74) is 5.94. The summed E-state index contributed by atoms with van der Waals surface area (Å²) >= 11 is 0. The van der Waals surface area contributed by atoms with Gasteiger partial charge in [0.05, 0.1) is 29.2 Å². The van der Waals surface area contributed by atoms with Crippen LogP contribution in [0.5, 0.6) is 0 Å². The van der Waals surface area contributed by atoms with E-state index in [9.17, 15) is 24.6 Å². The highest BCUT2D eigenvalue weighted by Crippen LogP contribution is 2.33. The number of aliphatic hydroxyl groups is 2. The van der Waals surface area contributed by atoms with Gasteiger partial charge in [-0.15, -0.1) is 0 Å². The van der Waals surface area contributed by atoms with Crippen molar-refractivity contribution in [2.75, 3.05) is 11.1 Å². The minimum absolute atomic E-state index is 0.142. The summed E-state index contributed by atoms with van der Waals surface area (Å²) in [5, 5.41) is 24.3. The first-order chi connectivity index (χ1) is 19.7. The number of hydrogen-bond donors (Lipinski definition) is 4. The maximum atomic E-state index is 13.6. The fourth-order valence-corrected chi connectivity index (χ4v) is 5.32. The van der Waals surface area contributed by atoms with Gasteiger partial charge in [-0.2, -0.15) is 0 Å². The summed E-state index contributed by atoms with van der Waals surface area (Å²) < 4.78 is 3.18. The molecule has 12 nitrogen and oxygen atoms in total. The van der Waals surface area contributed by atoms with Gasteiger partial charge in [0.2, 0.25) is 0 Å². The van der Waals surface area contributed by atoms with E-state index in [0.29, 0.717) is 52.7 Å². The van der Waals surface area contributed by atoms with Crippen molar-refractivity contribution >= 4 is 34.4 Å². The molecule has 4 aromatic rings. The fraction of sp³-hybridized carbons (Fsp3) is 0.400. The standard InChI is InChI=1S/C30H35N7O5/c1-16(30(4,5)42)37-21-7-6-8-22(38)18(21)11-19(28(37)40)27(39)35-23-10-9-17(12-32-23)20-13-36(14-29(2,3)41)26-24(20)25(31)33-15-34-26/h9-13,15-16,41-42H,6-8,14H2,1-5H3,(H2,31,33,34)(H,32,35,39). The molecule has 42 heavy (non-hydrogen) atoms. The summed E-state index contributed by atoms with van der Waals surface area (Å²) in [6, 6.07) is 4.01. The molecule has 1 aliphatic rings. The van der Waals surface area contributed by atoms with E-state index in [1.54, 1.807) is 57.5 Å². The monoisotopic (exact) mass is 573 g/mol. The summed E-state index contributed by atoms with van der Waals surface area (Å²) in [7, 11) is 0. The number of anilines is 2. The molecule has 1 atom stereocenters. The number of nitrogens with one attached hydrogen (secondary N) is 1. The van der Waals surface area contributed by atoms with Crippen LogP contribution in [0.2, 0.25) is 0 Å². The van der Waals surface area contributed by atoms with Gasteiger partial charge in [0, 0.05) is 41.2 Å². The smallest absolute Gasteiger partial charge is 0.264 e. The van der Waals surface area contributed by atoms with Crippen LogP contribution in [0.3, 0.4) is 0 Å². The van der Waals surface area contributed by atoms with Crippen molar-refractivity contribution in [3.05, 3.63) is 64.1 Å². The fourth-order valence-electron chi connectivity index (χ4n) is 5.32. The number of Topliss-reactive ketones (excluding diaryl/α,β-unsaturated/α-hetero) is 1. The van der Waals surface area contributed by atoms with Crippen LogP contribution in [0.1, 0.15) is 79.9 Å². The van der Waals surface area contributed by atoms with E-state index in [0.717, 1.165) is 0 Å². The van der Waals surface area contributed by atoms with Crippen molar-refractivity contribution in [1.82, 2.24) is 24.1 Å². The van der Waals surface area contributed by atoms with E-state index < -0.39 is 28.7 Å². The van der Waals surface area contributed by atoms with Crippen LogP contribution < -0.4 is 16.6 Å². The first kappa shape index (κ1) is 29.1. The lowest BCUT2D eigenvalue weighted by Gasteiger charge is -2.32. The van der Waals surface area contributed by atoms with Crippen LogP contribution in [0.4, 0.5) is 11.6 Å². The number of carbonyl (C=O) groups excluding carboxylic acids is 2. The van der Waals surface area contributed by atoms with Crippen molar-refractivity contribution in [3.8, 4) is 11.1 Å². The molecule has 5 N–H and O–H groups in total. The van der Waals surface area contributed by atoms with Crippen molar-refractivity contribution < 1.29 is 19.8 Å². The van der Waals surface area contributed by atoms with E-state index in [-0.39, 0.29) is 29.5 Å². The normalized spacial score (nSPS) is 14.6. The molecule has 1 aliphatic carbocycles. The third-order valence-corrected chi connectivity index (χ3v) is 7.67. The number of aromatic nitrogens is 5. The molecule has 0 saturated carbocycles. The van der Waals surface area contributed by atoms with E-state index >= 15 is 0 Å². The lowest BCUT2D eigenvalue weighted by Crippen LogP contribution is -2.42. The Morgan fingerprint density at radius 2 is 1.83 bits per heavy atom. The van der Waals surface area contributed by atoms with Crippen molar-refractivity contribution in [3.63, 3.8) is 0 Å². The molecule has 0 aliphatic heterocycles. The summed E-state index contributed by atoms with van der Waals surface area (Å²) in [5.74, 6) is -0.381. The summed E-state index contributed by atoms with van der Waals surface area (Å²) in [6.07, 6.45) is 6.16. The quantitative estimate of drug-likeness (QED) is 0.258. The Morgan fingerprint density at radius 1 is 1.10 bits per heavy atom. The Kier molecular flexibility index (Phi) is 7.23. The van der Waals surface area contributed by atoms with E-state index in [1.165, 1.54) is 17.0 Å². The number of rotatable bonds is 7. The first-order valence-electron chi connectivity index (χ1n) is 13.8. The number of pyridine rings is 2. The van der Waals surface area contributed by atoms with E-state index in [2.05, 4.69) is 20.3 Å². The van der Waals surface area contributed by atoms with Crippen molar-refractivity contribution in [1.29, 1.82) is 0 Å². The maximum Gasteiger partial charge on any atom is 0.264 e. The lowest BCUT2D eigenvalue weighted by atomic mass is 9.91. The number of nitrogens with two attached hydrogens (primary N) is 1. The zero-order valence-electron chi connectivity index (χ0n) is 24.3. The van der Waals surface area contributed by atoms with Gasteiger partial charge in [-0.05, 0) is 65.7 Å². The third-order valence-electron chi connectivity index (χ3n) is 7.67. The van der Waals surface area contributed by atoms with Gasteiger partial charge in [0.25, 0.3) is 11.5 Å². The second-order valence-corrected chi connectivity index (χ2v) is 12.0. The molecule has 12 heteroatoms. The van der Waals surface area contributed by atoms with Gasteiger partial charge in [0.1, 0.15) is 29.2 Å². The maximum absolute atomic E-state index is 13.6. The molecule has 4 heterocycles. The predicted octanol–water partition coefficient (Wildman–Crippen LogP) is 3.11. The number of fused-ring (bicyclic) bond motifs is 2. The third kappa shape index (κ3) is 5.42. The Labute approximate surface area is 242 Å². The molecule has 1 amide bonds. The molecule has 5 rings (SSSR count). The molecule has 0 bridgehead atoms. The number of carbonyl (C=O) groups is 2. The Hall–Kier alpha value is -4.42. The van der Waals surface area contributed by atoms with Crippen LogP contribution in [-0.2, 0) is 13.0 Å². The minimum Gasteiger partial charge on any atom is -0.389 e. The molecule has 0 aromatic carbocycles. The number of hydrogen-bond acceptors (Lipinski definition) is 9. The lowest BCUT2D eigenvalue weighted by molar-refractivity contribution is 0.0276. The van der Waals surface area contributed by atoms with Crippen LogP contribution in [0, 0.1) is 0 Å². The van der Waals surface area contributed by atoms with Gasteiger partial charge in [-0.25, -0.2) is 15.0 Å². The van der Waals surface area contributed by atoms with Crippen molar-refractivity contribution in [2.24, 2.45) is 0 Å². The molecule has 0 radical (unpaired) electrons. The van der Waals surface area contributed by atoms with Gasteiger partial charge in [0.15, 0.2) is 5.78 Å². The number of nitrogen functional groups attached to an aromatic ring is 1. The zero-order chi connectivity index (χ0) is 30.6. The second-order valence-electron chi connectivity index (χ2n) is 12.0. The molecule has 220 valence electrons. The Balaban J connectivity index is 1.49. The number of nitrogens with zero attached hydrogens (tertiary/aromatic N) is 5. The topological polar surface area (TPSA) is 178 Å². The highest BCUT2D eigenvalue weighted by atomic mass is 16.3. The van der Waals surface area contributed by atoms with Crippen LogP contribution in [0.25, 0.3) is 22.2 Å². The predicted molar refractivity (Wildman–Crippen MR) is 158 cm³/mol. The molecule has 0 saturated heterocycles. The molecule has 0 spiro atoms. The average molecular weight is 574 g/mol.